The number of nitrogens with zero attached hydrogens (tertiary/aromatic N) is 4. The fourth-order valence-corrected chi connectivity index (χ4v) is 2.26. The summed E-state index contributed by atoms with van der Waals surface area (Å²) in [6.45, 7) is 5.15. The van der Waals surface area contributed by atoms with E-state index in [1.54, 1.807) is 0 Å². The van der Waals surface area contributed by atoms with Gasteiger partial charge in [-0.3, -0.25) is 4.68 Å². The van der Waals surface area contributed by atoms with Crippen LogP contribution >= 0.6 is 0 Å². The Kier molecular flexibility index (Phi) is 3.81. The molecule has 0 bridgehead atoms. The van der Waals surface area contributed by atoms with Gasteiger partial charge in [0.1, 0.15) is 5.82 Å². The van der Waals surface area contributed by atoms with Crippen molar-refractivity contribution in [2.45, 2.75) is 39.3 Å². The molecule has 2 heterocycles. The number of hydrogen-bond donors (Lipinski definition) is 1. The Balaban J connectivity index is 2.13. The van der Waals surface area contributed by atoms with E-state index in [-0.39, 0.29) is 6.04 Å². The number of imidazole rings is 1. The zero-order chi connectivity index (χ0) is 13.1. The number of aromatic nitrogens is 4. The molecule has 0 aliphatic carbocycles. The van der Waals surface area contributed by atoms with Gasteiger partial charge in [-0.25, -0.2) is 4.98 Å². The molecule has 2 rings (SSSR count). The first kappa shape index (κ1) is 12.8. The summed E-state index contributed by atoms with van der Waals surface area (Å²) in [5.41, 5.74) is 8.36. The summed E-state index contributed by atoms with van der Waals surface area (Å²) in [7, 11) is 1.92. The molecule has 5 heteroatoms. The lowest BCUT2D eigenvalue weighted by molar-refractivity contribution is 0.597. The molecule has 0 radical (unpaired) electrons. The minimum atomic E-state index is -0.0447. The van der Waals surface area contributed by atoms with Gasteiger partial charge in [0.2, 0.25) is 0 Å². The lowest BCUT2D eigenvalue weighted by atomic mass is 10.1. The summed E-state index contributed by atoms with van der Waals surface area (Å²) in [6, 6.07) is -0.0447. The fraction of sp³-hybridized carbons (Fsp3) is 0.538. The second-order valence-electron chi connectivity index (χ2n) is 4.69. The first-order chi connectivity index (χ1) is 8.61. The predicted molar refractivity (Wildman–Crippen MR) is 71.1 cm³/mol. The maximum absolute atomic E-state index is 6.26. The molecular formula is C13H21N5. The minimum absolute atomic E-state index is 0.0447. The van der Waals surface area contributed by atoms with E-state index < -0.39 is 0 Å². The second-order valence-corrected chi connectivity index (χ2v) is 4.69. The number of rotatable bonds is 5. The Labute approximate surface area is 108 Å². The highest BCUT2D eigenvalue weighted by Gasteiger charge is 2.15. The van der Waals surface area contributed by atoms with Crippen LogP contribution in [0.5, 0.6) is 0 Å². The van der Waals surface area contributed by atoms with E-state index in [0.717, 1.165) is 36.5 Å². The third-order valence-corrected chi connectivity index (χ3v) is 3.12. The van der Waals surface area contributed by atoms with Crippen molar-refractivity contribution in [3.05, 3.63) is 35.7 Å². The average Bonchev–Trinajstić information content (AvgIpc) is 2.87. The molecule has 1 unspecified atom stereocenters. The highest BCUT2D eigenvalue weighted by atomic mass is 15.3. The summed E-state index contributed by atoms with van der Waals surface area (Å²) in [5, 5.41) is 4.33. The Morgan fingerprint density at radius 3 is 2.83 bits per heavy atom. The standard InChI is InChI=1S/C13H21N5/c1-4-6-18-7-5-15-13(18)8-12(14)11-9-17(3)16-10(11)2/h5,7,9,12H,4,6,8,14H2,1-3H3. The molecule has 0 saturated heterocycles. The van der Waals surface area contributed by atoms with Crippen LogP contribution in [0.15, 0.2) is 18.6 Å². The Hall–Kier alpha value is -1.62. The summed E-state index contributed by atoms with van der Waals surface area (Å²) >= 11 is 0. The predicted octanol–water partition coefficient (Wildman–Crippen LogP) is 1.58. The van der Waals surface area contributed by atoms with Gasteiger partial charge in [-0.05, 0) is 13.3 Å². The summed E-state index contributed by atoms with van der Waals surface area (Å²) in [6.07, 6.45) is 7.70. The lowest BCUT2D eigenvalue weighted by Gasteiger charge is -2.12. The second kappa shape index (κ2) is 5.35. The van der Waals surface area contributed by atoms with Gasteiger partial charge in [0.15, 0.2) is 0 Å². The molecule has 0 saturated carbocycles. The third-order valence-electron chi connectivity index (χ3n) is 3.12. The molecule has 1 atom stereocenters. The van der Waals surface area contributed by atoms with E-state index >= 15 is 0 Å². The maximum atomic E-state index is 6.26. The van der Waals surface area contributed by atoms with Crippen LogP contribution in [0, 0.1) is 6.92 Å². The molecule has 0 amide bonds. The summed E-state index contributed by atoms with van der Waals surface area (Å²) in [4.78, 5) is 4.39. The maximum Gasteiger partial charge on any atom is 0.110 e. The van der Waals surface area contributed by atoms with Gasteiger partial charge in [-0.15, -0.1) is 0 Å². The Bertz CT molecular complexity index is 511. The van der Waals surface area contributed by atoms with Gasteiger partial charge < -0.3 is 10.3 Å². The van der Waals surface area contributed by atoms with Crippen LogP contribution in [0.3, 0.4) is 0 Å². The quantitative estimate of drug-likeness (QED) is 0.872. The third kappa shape index (κ3) is 2.61. The molecule has 5 nitrogen and oxygen atoms in total. The van der Waals surface area contributed by atoms with Crippen LogP contribution in [0.4, 0.5) is 0 Å². The van der Waals surface area contributed by atoms with Crippen LogP contribution in [0.1, 0.15) is 36.5 Å². The van der Waals surface area contributed by atoms with E-state index in [1.807, 2.05) is 37.2 Å². The van der Waals surface area contributed by atoms with E-state index in [0.29, 0.717) is 0 Å². The van der Waals surface area contributed by atoms with Crippen molar-refractivity contribution in [3.8, 4) is 0 Å². The van der Waals surface area contributed by atoms with Gasteiger partial charge in [0.05, 0.1) is 5.69 Å². The number of nitrogens with two attached hydrogens (primary N) is 1. The first-order valence-corrected chi connectivity index (χ1v) is 6.37. The summed E-state index contributed by atoms with van der Waals surface area (Å²) in [5.74, 6) is 1.05. The van der Waals surface area contributed by atoms with Crippen molar-refractivity contribution in [3.63, 3.8) is 0 Å². The van der Waals surface area contributed by atoms with Crippen LogP contribution in [-0.4, -0.2) is 19.3 Å². The largest absolute Gasteiger partial charge is 0.335 e. The van der Waals surface area contributed by atoms with E-state index in [2.05, 4.69) is 21.6 Å². The van der Waals surface area contributed by atoms with E-state index in [1.165, 1.54) is 0 Å². The van der Waals surface area contributed by atoms with Gasteiger partial charge in [-0.1, -0.05) is 6.92 Å². The molecule has 2 aromatic heterocycles. The smallest absolute Gasteiger partial charge is 0.110 e. The van der Waals surface area contributed by atoms with Crippen molar-refractivity contribution < 1.29 is 0 Å². The van der Waals surface area contributed by atoms with E-state index in [4.69, 9.17) is 5.73 Å². The van der Waals surface area contributed by atoms with Crippen molar-refractivity contribution >= 4 is 0 Å². The molecule has 0 fully saturated rings. The van der Waals surface area contributed by atoms with E-state index in [9.17, 15) is 0 Å². The van der Waals surface area contributed by atoms with Crippen molar-refractivity contribution in [1.82, 2.24) is 19.3 Å². The topological polar surface area (TPSA) is 61.7 Å². The van der Waals surface area contributed by atoms with Crippen molar-refractivity contribution in [1.29, 1.82) is 0 Å². The lowest BCUT2D eigenvalue weighted by Crippen LogP contribution is -2.17. The Morgan fingerprint density at radius 1 is 1.44 bits per heavy atom. The highest BCUT2D eigenvalue weighted by Crippen LogP contribution is 2.18. The van der Waals surface area contributed by atoms with Crippen LogP contribution in [0.2, 0.25) is 0 Å². The zero-order valence-electron chi connectivity index (χ0n) is 11.3. The van der Waals surface area contributed by atoms with Crippen LogP contribution in [-0.2, 0) is 20.0 Å². The first-order valence-electron chi connectivity index (χ1n) is 6.37. The molecule has 2 aromatic rings. The van der Waals surface area contributed by atoms with Crippen molar-refractivity contribution in [2.75, 3.05) is 0 Å². The molecule has 0 aliphatic heterocycles. The SMILES string of the molecule is CCCn1ccnc1CC(N)c1cn(C)nc1C. The minimum Gasteiger partial charge on any atom is -0.335 e. The molecule has 18 heavy (non-hydrogen) atoms. The molecule has 0 spiro atoms. The normalized spacial score (nSPS) is 12.9. The summed E-state index contributed by atoms with van der Waals surface area (Å²) < 4.78 is 3.98. The van der Waals surface area contributed by atoms with Gasteiger partial charge in [-0.2, -0.15) is 5.10 Å². The van der Waals surface area contributed by atoms with Gasteiger partial charge in [0.25, 0.3) is 0 Å². The number of aryl methyl sites for hydroxylation is 3. The van der Waals surface area contributed by atoms with Gasteiger partial charge in [0, 0.05) is 50.2 Å². The van der Waals surface area contributed by atoms with Crippen LogP contribution < -0.4 is 5.73 Å². The zero-order valence-corrected chi connectivity index (χ0v) is 11.3. The molecule has 0 aliphatic rings. The van der Waals surface area contributed by atoms with Crippen LogP contribution in [0.25, 0.3) is 0 Å². The molecule has 0 aromatic carbocycles. The highest BCUT2D eigenvalue weighted by molar-refractivity contribution is 5.20. The molecule has 98 valence electrons. The number of hydrogen-bond acceptors (Lipinski definition) is 3. The fourth-order valence-electron chi connectivity index (χ4n) is 2.26. The Morgan fingerprint density at radius 2 is 2.22 bits per heavy atom. The molecule has 2 N–H and O–H groups in total. The monoisotopic (exact) mass is 247 g/mol. The molecular weight excluding hydrogens is 226 g/mol. The average molecular weight is 247 g/mol. The van der Waals surface area contributed by atoms with Crippen molar-refractivity contribution in [2.24, 2.45) is 12.8 Å². The van der Waals surface area contributed by atoms with Gasteiger partial charge >= 0.3 is 0 Å².